The third-order valence-electron chi connectivity index (χ3n) is 3.00. The van der Waals surface area contributed by atoms with Crippen molar-refractivity contribution in [3.05, 3.63) is 29.8 Å². The number of rotatable bonds is 6. The van der Waals surface area contributed by atoms with Gasteiger partial charge in [-0.1, -0.05) is 32.0 Å². The summed E-state index contributed by atoms with van der Waals surface area (Å²) in [5, 5.41) is 9.25. The van der Waals surface area contributed by atoms with Crippen LogP contribution in [0.15, 0.2) is 24.3 Å². The van der Waals surface area contributed by atoms with Crippen molar-refractivity contribution in [3.8, 4) is 5.75 Å². The van der Waals surface area contributed by atoms with Gasteiger partial charge in [0.25, 0.3) is 0 Å². The van der Waals surface area contributed by atoms with Gasteiger partial charge in [0.1, 0.15) is 5.75 Å². The third-order valence-corrected chi connectivity index (χ3v) is 3.00. The number of alkyl halides is 4. The Morgan fingerprint density at radius 1 is 1.24 bits per heavy atom. The highest BCUT2D eigenvalue weighted by atomic mass is 35.5. The van der Waals surface area contributed by atoms with E-state index in [4.69, 9.17) is 5.73 Å². The van der Waals surface area contributed by atoms with Crippen LogP contribution >= 0.6 is 12.4 Å². The predicted octanol–water partition coefficient (Wildman–Crippen LogP) is 3.36. The Morgan fingerprint density at radius 2 is 1.76 bits per heavy atom. The number of benzene rings is 1. The minimum absolute atomic E-state index is 0. The fourth-order valence-electron chi connectivity index (χ4n) is 1.54. The molecule has 0 heterocycles. The van der Waals surface area contributed by atoms with Gasteiger partial charge in [0.2, 0.25) is 0 Å². The molecule has 3 N–H and O–H groups in total. The first-order valence-corrected chi connectivity index (χ1v) is 5.92. The Morgan fingerprint density at radius 3 is 2.24 bits per heavy atom. The lowest BCUT2D eigenvalue weighted by molar-refractivity contribution is -0.253. The molecule has 0 spiro atoms. The zero-order chi connectivity index (χ0) is 15.6. The fraction of sp³-hybridized carbons (Fsp3) is 0.538. The molecule has 0 fully saturated rings. The molecule has 0 aliphatic rings. The van der Waals surface area contributed by atoms with Crippen LogP contribution in [0.25, 0.3) is 0 Å². The number of ether oxygens (including phenoxy) is 1. The third kappa shape index (κ3) is 4.72. The summed E-state index contributed by atoms with van der Waals surface area (Å²) in [7, 11) is 0. The van der Waals surface area contributed by atoms with Crippen LogP contribution in [0, 0.1) is 5.41 Å². The van der Waals surface area contributed by atoms with E-state index in [-0.39, 0.29) is 24.6 Å². The highest BCUT2D eigenvalue weighted by Gasteiger charge is 2.44. The van der Waals surface area contributed by atoms with Crippen LogP contribution in [0.5, 0.6) is 5.75 Å². The number of nitrogens with two attached hydrogens (primary N) is 1. The monoisotopic (exact) mass is 331 g/mol. The summed E-state index contributed by atoms with van der Waals surface area (Å²) in [6, 6.07) is 4.59. The normalized spacial score (nSPS) is 13.8. The second-order valence-corrected chi connectivity index (χ2v) is 5.13. The number of hydrogen-bond donors (Lipinski definition) is 2. The van der Waals surface area contributed by atoms with Gasteiger partial charge in [-0.15, -0.1) is 12.4 Å². The smallest absolute Gasteiger partial charge is 0.428 e. The van der Waals surface area contributed by atoms with Gasteiger partial charge in [0, 0.05) is 23.6 Å². The molecule has 0 unspecified atom stereocenters. The van der Waals surface area contributed by atoms with E-state index in [1.54, 1.807) is 13.8 Å². The number of hydrogen-bond acceptors (Lipinski definition) is 3. The molecule has 1 rings (SSSR count). The summed E-state index contributed by atoms with van der Waals surface area (Å²) in [6.45, 7) is 2.95. The quantitative estimate of drug-likeness (QED) is 0.786. The Kier molecular flexibility index (Phi) is 6.92. The number of aliphatic hydroxyl groups is 1. The highest BCUT2D eigenvalue weighted by molar-refractivity contribution is 5.85. The summed E-state index contributed by atoms with van der Waals surface area (Å²) < 4.78 is 54.5. The van der Waals surface area contributed by atoms with Crippen LogP contribution in [0.3, 0.4) is 0 Å². The zero-order valence-corrected chi connectivity index (χ0v) is 12.3. The van der Waals surface area contributed by atoms with E-state index >= 15 is 0 Å². The Labute approximate surface area is 126 Å². The van der Waals surface area contributed by atoms with E-state index in [9.17, 15) is 22.7 Å². The maximum absolute atomic E-state index is 13.0. The molecule has 1 aromatic rings. The van der Waals surface area contributed by atoms with Gasteiger partial charge in [-0.25, -0.2) is 0 Å². The Hall–Kier alpha value is -1.05. The van der Waals surface area contributed by atoms with Crippen molar-refractivity contribution in [2.45, 2.75) is 32.4 Å². The molecule has 0 saturated carbocycles. The molecule has 1 aromatic carbocycles. The molecule has 0 saturated heterocycles. The van der Waals surface area contributed by atoms with Crippen molar-refractivity contribution >= 4 is 12.4 Å². The summed E-state index contributed by atoms with van der Waals surface area (Å²) in [4.78, 5) is 0. The summed E-state index contributed by atoms with van der Waals surface area (Å²) in [5.41, 5.74) is 5.22. The fourth-order valence-corrected chi connectivity index (χ4v) is 1.54. The van der Waals surface area contributed by atoms with E-state index in [2.05, 4.69) is 4.74 Å². The first kappa shape index (κ1) is 19.9. The van der Waals surface area contributed by atoms with E-state index < -0.39 is 29.7 Å². The van der Waals surface area contributed by atoms with Gasteiger partial charge in [-0.2, -0.15) is 17.6 Å². The summed E-state index contributed by atoms with van der Waals surface area (Å²) in [5.74, 6) is -0.424. The van der Waals surface area contributed by atoms with Crippen LogP contribution < -0.4 is 10.5 Å². The SMILES string of the molecule is CC(C)(CO)[C@@H](N)c1ccccc1OC(F)(F)C(F)F.Cl. The zero-order valence-electron chi connectivity index (χ0n) is 11.5. The van der Waals surface area contributed by atoms with Crippen LogP contribution in [-0.2, 0) is 0 Å². The van der Waals surface area contributed by atoms with Crippen molar-refractivity contribution in [2.75, 3.05) is 6.61 Å². The maximum atomic E-state index is 13.0. The van der Waals surface area contributed by atoms with E-state index in [1.165, 1.54) is 18.2 Å². The molecular formula is C13H18ClF4NO2. The predicted molar refractivity (Wildman–Crippen MR) is 73.1 cm³/mol. The summed E-state index contributed by atoms with van der Waals surface area (Å²) in [6.07, 6.45) is -8.54. The topological polar surface area (TPSA) is 55.5 Å². The number of aliphatic hydroxyl groups excluding tert-OH is 1. The maximum Gasteiger partial charge on any atom is 0.461 e. The molecule has 21 heavy (non-hydrogen) atoms. The van der Waals surface area contributed by atoms with E-state index in [0.29, 0.717) is 0 Å². The second kappa shape index (κ2) is 7.29. The van der Waals surface area contributed by atoms with Gasteiger partial charge in [-0.3, -0.25) is 0 Å². The number of para-hydroxylation sites is 1. The van der Waals surface area contributed by atoms with Crippen molar-refractivity contribution in [1.82, 2.24) is 0 Å². The van der Waals surface area contributed by atoms with Crippen LogP contribution in [0.1, 0.15) is 25.5 Å². The van der Waals surface area contributed by atoms with Crippen LogP contribution in [0.2, 0.25) is 0 Å². The van der Waals surface area contributed by atoms with Gasteiger partial charge < -0.3 is 15.6 Å². The molecule has 0 aromatic heterocycles. The van der Waals surface area contributed by atoms with Crippen LogP contribution in [-0.4, -0.2) is 24.2 Å². The molecule has 122 valence electrons. The minimum Gasteiger partial charge on any atom is -0.428 e. The van der Waals surface area contributed by atoms with Gasteiger partial charge >= 0.3 is 12.5 Å². The lowest BCUT2D eigenvalue weighted by atomic mass is 9.81. The summed E-state index contributed by atoms with van der Waals surface area (Å²) >= 11 is 0. The average molecular weight is 332 g/mol. The van der Waals surface area contributed by atoms with Crippen LogP contribution in [0.4, 0.5) is 17.6 Å². The molecule has 8 heteroatoms. The molecule has 0 aliphatic carbocycles. The van der Waals surface area contributed by atoms with Gasteiger partial charge in [0.05, 0.1) is 0 Å². The minimum atomic E-state index is -4.60. The van der Waals surface area contributed by atoms with E-state index in [1.807, 2.05) is 0 Å². The van der Waals surface area contributed by atoms with Crippen molar-refractivity contribution in [2.24, 2.45) is 11.1 Å². The average Bonchev–Trinajstić information content (AvgIpc) is 2.38. The van der Waals surface area contributed by atoms with Crippen molar-refractivity contribution in [1.29, 1.82) is 0 Å². The van der Waals surface area contributed by atoms with Crippen molar-refractivity contribution < 1.29 is 27.4 Å². The molecule has 0 radical (unpaired) electrons. The molecule has 0 amide bonds. The highest BCUT2D eigenvalue weighted by Crippen LogP contribution is 2.38. The Balaban J connectivity index is 0.00000400. The van der Waals surface area contributed by atoms with Gasteiger partial charge in [-0.05, 0) is 6.07 Å². The first-order valence-electron chi connectivity index (χ1n) is 5.92. The molecular weight excluding hydrogens is 314 g/mol. The van der Waals surface area contributed by atoms with Gasteiger partial charge in [0.15, 0.2) is 0 Å². The molecule has 3 nitrogen and oxygen atoms in total. The lowest BCUT2D eigenvalue weighted by Crippen LogP contribution is -2.36. The number of halogens is 5. The first-order chi connectivity index (χ1) is 9.12. The molecule has 0 bridgehead atoms. The van der Waals surface area contributed by atoms with E-state index in [0.717, 1.165) is 6.07 Å². The molecule has 0 aliphatic heterocycles. The standard InChI is InChI=1S/C13H17F4NO2.ClH/c1-12(2,7-19)10(18)8-5-3-4-6-9(8)20-13(16,17)11(14)15;/h3-6,10-11,19H,7,18H2,1-2H3;1H/t10-;/m0./s1. The largest absolute Gasteiger partial charge is 0.461 e. The lowest BCUT2D eigenvalue weighted by Gasteiger charge is -2.31. The Bertz CT molecular complexity index is 458. The van der Waals surface area contributed by atoms with Crippen molar-refractivity contribution in [3.63, 3.8) is 0 Å². The second-order valence-electron chi connectivity index (χ2n) is 5.13. The molecule has 1 atom stereocenters.